The molecule has 1 aromatic carbocycles. The van der Waals surface area contributed by atoms with Gasteiger partial charge in [-0.25, -0.2) is 4.39 Å². The summed E-state index contributed by atoms with van der Waals surface area (Å²) in [5.41, 5.74) is 0.219. The highest BCUT2D eigenvalue weighted by Crippen LogP contribution is 2.20. The van der Waals surface area contributed by atoms with Crippen molar-refractivity contribution in [3.8, 4) is 5.75 Å². The van der Waals surface area contributed by atoms with Gasteiger partial charge < -0.3 is 20.3 Å². The minimum Gasteiger partial charge on any atom is -0.494 e. The smallest absolute Gasteiger partial charge is 0.313 e. The fourth-order valence-electron chi connectivity index (χ4n) is 1.94. The van der Waals surface area contributed by atoms with Gasteiger partial charge in [0, 0.05) is 37.9 Å². The molecule has 0 radical (unpaired) electrons. The Kier molecular flexibility index (Phi) is 4.52. The van der Waals surface area contributed by atoms with Crippen molar-refractivity contribution in [1.29, 1.82) is 0 Å². The molecular weight excluding hydrogens is 265 g/mol. The van der Waals surface area contributed by atoms with E-state index in [0.717, 1.165) is 6.07 Å². The summed E-state index contributed by atoms with van der Waals surface area (Å²) < 4.78 is 18.3. The zero-order valence-corrected chi connectivity index (χ0v) is 11.1. The molecule has 0 spiro atoms. The molecular formula is C13H16FN3O3. The van der Waals surface area contributed by atoms with Gasteiger partial charge in [-0.1, -0.05) is 0 Å². The van der Waals surface area contributed by atoms with Crippen molar-refractivity contribution in [3.05, 3.63) is 24.0 Å². The number of amides is 2. The van der Waals surface area contributed by atoms with Gasteiger partial charge in [0.05, 0.1) is 7.11 Å². The Morgan fingerprint density at radius 2 is 2.05 bits per heavy atom. The van der Waals surface area contributed by atoms with E-state index in [1.54, 1.807) is 0 Å². The first kappa shape index (κ1) is 14.3. The Balaban J connectivity index is 2.00. The van der Waals surface area contributed by atoms with Crippen LogP contribution >= 0.6 is 0 Å². The third-order valence-corrected chi connectivity index (χ3v) is 3.01. The number of carbonyl (C=O) groups excluding carboxylic acids is 2. The van der Waals surface area contributed by atoms with Gasteiger partial charge in [-0.05, 0) is 12.1 Å². The average Bonchev–Trinajstić information content (AvgIpc) is 2.47. The molecule has 1 aliphatic heterocycles. The summed E-state index contributed by atoms with van der Waals surface area (Å²) in [6.45, 7) is 2.30. The highest BCUT2D eigenvalue weighted by atomic mass is 19.1. The first-order chi connectivity index (χ1) is 9.61. The third-order valence-electron chi connectivity index (χ3n) is 3.01. The summed E-state index contributed by atoms with van der Waals surface area (Å²) in [5, 5.41) is 5.47. The molecule has 1 fully saturated rings. The highest BCUT2D eigenvalue weighted by molar-refractivity contribution is 6.39. The Hall–Kier alpha value is -2.15. The zero-order valence-electron chi connectivity index (χ0n) is 11.1. The van der Waals surface area contributed by atoms with Crippen LogP contribution in [0.15, 0.2) is 18.2 Å². The fraction of sp³-hybridized carbons (Fsp3) is 0.385. The molecule has 1 saturated heterocycles. The van der Waals surface area contributed by atoms with Crippen LogP contribution < -0.4 is 15.4 Å². The molecule has 7 heteroatoms. The molecule has 20 heavy (non-hydrogen) atoms. The van der Waals surface area contributed by atoms with Crippen molar-refractivity contribution in [3.63, 3.8) is 0 Å². The van der Waals surface area contributed by atoms with Crippen LogP contribution in [-0.2, 0) is 9.59 Å². The summed E-state index contributed by atoms with van der Waals surface area (Å²) in [6.07, 6.45) is 0. The average molecular weight is 281 g/mol. The molecule has 2 amide bonds. The van der Waals surface area contributed by atoms with E-state index in [-0.39, 0.29) is 11.4 Å². The summed E-state index contributed by atoms with van der Waals surface area (Å²) in [7, 11) is 1.35. The number of rotatable bonds is 2. The van der Waals surface area contributed by atoms with E-state index in [9.17, 15) is 14.0 Å². The maximum atomic E-state index is 13.5. The fourth-order valence-corrected chi connectivity index (χ4v) is 1.94. The van der Waals surface area contributed by atoms with Gasteiger partial charge in [-0.3, -0.25) is 9.59 Å². The van der Waals surface area contributed by atoms with Crippen molar-refractivity contribution in [1.82, 2.24) is 10.2 Å². The molecule has 1 aromatic rings. The first-order valence-electron chi connectivity index (χ1n) is 6.26. The van der Waals surface area contributed by atoms with E-state index in [2.05, 4.69) is 10.6 Å². The molecule has 2 rings (SSSR count). The first-order valence-corrected chi connectivity index (χ1v) is 6.26. The van der Waals surface area contributed by atoms with Gasteiger partial charge in [0.25, 0.3) is 0 Å². The predicted octanol–water partition coefficient (Wildman–Crippen LogP) is 0.205. The number of carbonyl (C=O) groups is 2. The minimum absolute atomic E-state index is 0.0800. The zero-order chi connectivity index (χ0) is 14.5. The van der Waals surface area contributed by atoms with Crippen LogP contribution in [0.1, 0.15) is 0 Å². The predicted molar refractivity (Wildman–Crippen MR) is 71.0 cm³/mol. The number of hydrogen-bond donors (Lipinski definition) is 2. The van der Waals surface area contributed by atoms with Gasteiger partial charge in [0.2, 0.25) is 0 Å². The maximum absolute atomic E-state index is 13.5. The Morgan fingerprint density at radius 1 is 1.35 bits per heavy atom. The van der Waals surface area contributed by atoms with Crippen LogP contribution in [0.5, 0.6) is 5.75 Å². The summed E-state index contributed by atoms with van der Waals surface area (Å²) >= 11 is 0. The molecule has 0 saturated carbocycles. The molecule has 0 aliphatic carbocycles. The van der Waals surface area contributed by atoms with E-state index < -0.39 is 17.6 Å². The standard InChI is InChI=1S/C13H16FN3O3/c1-20-11-3-2-9(8-10(11)14)16-12(18)13(19)17-6-4-15-5-7-17/h2-3,8,15H,4-7H2,1H3,(H,16,18). The van der Waals surface area contributed by atoms with Crippen molar-refractivity contribution >= 4 is 17.5 Å². The number of nitrogens with one attached hydrogen (secondary N) is 2. The van der Waals surface area contributed by atoms with Gasteiger partial charge in [-0.2, -0.15) is 0 Å². The van der Waals surface area contributed by atoms with Crippen LogP contribution in [-0.4, -0.2) is 50.0 Å². The lowest BCUT2D eigenvalue weighted by Crippen LogP contribution is -2.49. The van der Waals surface area contributed by atoms with Crippen LogP contribution in [0.4, 0.5) is 10.1 Å². The van der Waals surface area contributed by atoms with E-state index in [4.69, 9.17) is 4.74 Å². The van der Waals surface area contributed by atoms with Gasteiger partial charge in [-0.15, -0.1) is 0 Å². The Bertz CT molecular complexity index is 516. The van der Waals surface area contributed by atoms with Crippen molar-refractivity contribution < 1.29 is 18.7 Å². The lowest BCUT2D eigenvalue weighted by Gasteiger charge is -2.26. The lowest BCUT2D eigenvalue weighted by molar-refractivity contribution is -0.143. The van der Waals surface area contributed by atoms with Crippen LogP contribution in [0.25, 0.3) is 0 Å². The number of halogens is 1. The number of anilines is 1. The lowest BCUT2D eigenvalue weighted by atomic mass is 10.2. The number of benzene rings is 1. The van der Waals surface area contributed by atoms with Crippen molar-refractivity contribution in [2.45, 2.75) is 0 Å². The summed E-state index contributed by atoms with van der Waals surface area (Å²) in [5.74, 6) is -1.89. The minimum atomic E-state index is -0.767. The summed E-state index contributed by atoms with van der Waals surface area (Å²) in [6, 6.07) is 3.98. The molecule has 1 aliphatic rings. The van der Waals surface area contributed by atoms with E-state index in [0.29, 0.717) is 26.2 Å². The van der Waals surface area contributed by atoms with Gasteiger partial charge in [0.15, 0.2) is 11.6 Å². The molecule has 6 nitrogen and oxygen atoms in total. The second-order valence-electron chi connectivity index (χ2n) is 4.35. The van der Waals surface area contributed by atoms with Crippen molar-refractivity contribution in [2.24, 2.45) is 0 Å². The quantitative estimate of drug-likeness (QED) is 0.760. The van der Waals surface area contributed by atoms with E-state index >= 15 is 0 Å². The molecule has 0 aromatic heterocycles. The van der Waals surface area contributed by atoms with Crippen LogP contribution in [0.2, 0.25) is 0 Å². The number of ether oxygens (including phenoxy) is 1. The molecule has 0 atom stereocenters. The summed E-state index contributed by atoms with van der Waals surface area (Å²) in [4.78, 5) is 25.1. The van der Waals surface area contributed by atoms with E-state index in [1.807, 2.05) is 0 Å². The molecule has 0 bridgehead atoms. The number of nitrogens with zero attached hydrogens (tertiary/aromatic N) is 1. The highest BCUT2D eigenvalue weighted by Gasteiger charge is 2.23. The normalized spacial score (nSPS) is 14.8. The number of piperazine rings is 1. The monoisotopic (exact) mass is 281 g/mol. The van der Waals surface area contributed by atoms with Crippen molar-refractivity contribution in [2.75, 3.05) is 38.6 Å². The van der Waals surface area contributed by atoms with Gasteiger partial charge in [0.1, 0.15) is 0 Å². The molecule has 108 valence electrons. The molecule has 1 heterocycles. The van der Waals surface area contributed by atoms with Crippen LogP contribution in [0.3, 0.4) is 0 Å². The second kappa shape index (κ2) is 6.33. The Morgan fingerprint density at radius 3 is 2.65 bits per heavy atom. The molecule has 2 N–H and O–H groups in total. The van der Waals surface area contributed by atoms with Gasteiger partial charge >= 0.3 is 11.8 Å². The van der Waals surface area contributed by atoms with E-state index in [1.165, 1.54) is 24.1 Å². The Labute approximate surface area is 115 Å². The SMILES string of the molecule is COc1ccc(NC(=O)C(=O)N2CCNCC2)cc1F. The largest absolute Gasteiger partial charge is 0.494 e. The second-order valence-corrected chi connectivity index (χ2v) is 4.35. The maximum Gasteiger partial charge on any atom is 0.313 e. The molecule has 0 unspecified atom stereocenters. The van der Waals surface area contributed by atoms with Crippen LogP contribution in [0, 0.1) is 5.82 Å². The topological polar surface area (TPSA) is 70.7 Å². The number of methoxy groups -OCH3 is 1. The third kappa shape index (κ3) is 3.24. The number of hydrogen-bond acceptors (Lipinski definition) is 4.